The molecule has 1 aromatic carbocycles. The van der Waals surface area contributed by atoms with Gasteiger partial charge in [0.25, 0.3) is 0 Å². The van der Waals surface area contributed by atoms with Crippen LogP contribution in [0.15, 0.2) is 29.4 Å². The number of carbonyl (C=O) groups excluding carboxylic acids is 2. The lowest BCUT2D eigenvalue weighted by Gasteiger charge is -2.04. The van der Waals surface area contributed by atoms with Gasteiger partial charge in [-0.25, -0.2) is 9.82 Å². The second-order valence-electron chi connectivity index (χ2n) is 5.26. The van der Waals surface area contributed by atoms with E-state index in [9.17, 15) is 14.0 Å². The number of carbonyl (C=O) groups is 2. The van der Waals surface area contributed by atoms with Gasteiger partial charge in [0.2, 0.25) is 11.8 Å². The second-order valence-corrected chi connectivity index (χ2v) is 5.26. The Labute approximate surface area is 136 Å². The number of rotatable bonds is 10. The maximum atomic E-state index is 12.7. The zero-order valence-corrected chi connectivity index (χ0v) is 13.5. The van der Waals surface area contributed by atoms with E-state index in [2.05, 4.69) is 22.8 Å². The molecule has 0 atom stereocenters. The molecule has 0 bridgehead atoms. The van der Waals surface area contributed by atoms with Gasteiger partial charge in [-0.05, 0) is 37.0 Å². The number of halogens is 1. The molecule has 6 heteroatoms. The van der Waals surface area contributed by atoms with Crippen molar-refractivity contribution < 1.29 is 14.0 Å². The van der Waals surface area contributed by atoms with E-state index < -0.39 is 0 Å². The molecular formula is C17H24FN3O2. The maximum Gasteiger partial charge on any atom is 0.240 e. The van der Waals surface area contributed by atoms with E-state index in [1.54, 1.807) is 12.1 Å². The number of hydrogen-bond donors (Lipinski definition) is 2. The van der Waals surface area contributed by atoms with Gasteiger partial charge in [0, 0.05) is 19.4 Å². The predicted octanol–water partition coefficient (Wildman–Crippen LogP) is 2.75. The SMILES string of the molecule is CCCCNC(=O)CCCCC(=O)NN=Cc1ccc(F)cc1. The number of amides is 2. The molecule has 0 aliphatic heterocycles. The summed E-state index contributed by atoms with van der Waals surface area (Å²) in [6, 6.07) is 5.80. The van der Waals surface area contributed by atoms with Crippen LogP contribution in [0.5, 0.6) is 0 Å². The van der Waals surface area contributed by atoms with Gasteiger partial charge in [-0.15, -0.1) is 0 Å². The quantitative estimate of drug-likeness (QED) is 0.395. The van der Waals surface area contributed by atoms with E-state index in [1.165, 1.54) is 18.3 Å². The van der Waals surface area contributed by atoms with Crippen LogP contribution < -0.4 is 10.7 Å². The van der Waals surface area contributed by atoms with Crippen LogP contribution >= 0.6 is 0 Å². The van der Waals surface area contributed by atoms with Crippen LogP contribution in [0.3, 0.4) is 0 Å². The van der Waals surface area contributed by atoms with Crippen molar-refractivity contribution in [1.82, 2.24) is 10.7 Å². The Hall–Kier alpha value is -2.24. The van der Waals surface area contributed by atoms with Gasteiger partial charge < -0.3 is 5.32 Å². The summed E-state index contributed by atoms with van der Waals surface area (Å²) in [6.45, 7) is 2.79. The molecule has 0 spiro atoms. The highest BCUT2D eigenvalue weighted by molar-refractivity contribution is 5.82. The highest BCUT2D eigenvalue weighted by atomic mass is 19.1. The summed E-state index contributed by atoms with van der Waals surface area (Å²) in [6.07, 6.45) is 5.57. The lowest BCUT2D eigenvalue weighted by atomic mass is 10.2. The zero-order chi connectivity index (χ0) is 16.9. The monoisotopic (exact) mass is 321 g/mol. The molecule has 0 saturated heterocycles. The summed E-state index contributed by atoms with van der Waals surface area (Å²) in [7, 11) is 0. The Balaban J connectivity index is 2.10. The first-order valence-electron chi connectivity index (χ1n) is 7.96. The van der Waals surface area contributed by atoms with Crippen LogP contribution in [-0.2, 0) is 9.59 Å². The molecule has 0 aromatic heterocycles. The Morgan fingerprint density at radius 3 is 2.39 bits per heavy atom. The Morgan fingerprint density at radius 2 is 1.74 bits per heavy atom. The molecule has 126 valence electrons. The van der Waals surface area contributed by atoms with Crippen molar-refractivity contribution in [2.24, 2.45) is 5.10 Å². The lowest BCUT2D eigenvalue weighted by molar-refractivity contribution is -0.123. The minimum absolute atomic E-state index is 0.0354. The van der Waals surface area contributed by atoms with Crippen LogP contribution in [0, 0.1) is 5.82 Å². The van der Waals surface area contributed by atoms with Gasteiger partial charge in [-0.1, -0.05) is 25.5 Å². The molecule has 0 heterocycles. The van der Waals surface area contributed by atoms with E-state index in [1.807, 2.05) is 0 Å². The molecule has 0 unspecified atom stereocenters. The summed E-state index contributed by atoms with van der Waals surface area (Å²) < 4.78 is 12.7. The highest BCUT2D eigenvalue weighted by Crippen LogP contribution is 2.01. The van der Waals surface area contributed by atoms with E-state index in [-0.39, 0.29) is 17.6 Å². The normalized spacial score (nSPS) is 10.7. The molecule has 0 radical (unpaired) electrons. The average Bonchev–Trinajstić information content (AvgIpc) is 2.54. The maximum absolute atomic E-state index is 12.7. The van der Waals surface area contributed by atoms with Crippen molar-refractivity contribution in [2.75, 3.05) is 6.54 Å². The third kappa shape index (κ3) is 9.39. The van der Waals surface area contributed by atoms with Crippen LogP contribution in [-0.4, -0.2) is 24.6 Å². The van der Waals surface area contributed by atoms with E-state index in [0.717, 1.165) is 12.8 Å². The zero-order valence-electron chi connectivity index (χ0n) is 13.5. The molecule has 5 nitrogen and oxygen atoms in total. The van der Waals surface area contributed by atoms with Crippen LogP contribution in [0.2, 0.25) is 0 Å². The number of hydrazone groups is 1. The van der Waals surface area contributed by atoms with Crippen LogP contribution in [0.1, 0.15) is 51.0 Å². The summed E-state index contributed by atoms with van der Waals surface area (Å²) in [5.41, 5.74) is 3.12. The summed E-state index contributed by atoms with van der Waals surface area (Å²) >= 11 is 0. The topological polar surface area (TPSA) is 70.6 Å². The van der Waals surface area contributed by atoms with Crippen molar-refractivity contribution in [3.8, 4) is 0 Å². The fourth-order valence-corrected chi connectivity index (χ4v) is 1.85. The largest absolute Gasteiger partial charge is 0.356 e. The molecule has 0 aliphatic rings. The van der Waals surface area contributed by atoms with Crippen molar-refractivity contribution in [2.45, 2.75) is 45.4 Å². The highest BCUT2D eigenvalue weighted by Gasteiger charge is 2.03. The minimum Gasteiger partial charge on any atom is -0.356 e. The summed E-state index contributed by atoms with van der Waals surface area (Å²) in [4.78, 5) is 23.0. The Morgan fingerprint density at radius 1 is 1.09 bits per heavy atom. The van der Waals surface area contributed by atoms with Gasteiger partial charge in [0.15, 0.2) is 0 Å². The van der Waals surface area contributed by atoms with E-state index in [0.29, 0.717) is 37.8 Å². The molecule has 0 saturated carbocycles. The Bertz CT molecular complexity index is 515. The van der Waals surface area contributed by atoms with Gasteiger partial charge >= 0.3 is 0 Å². The van der Waals surface area contributed by atoms with Gasteiger partial charge in [0.05, 0.1) is 6.21 Å². The van der Waals surface area contributed by atoms with Gasteiger partial charge in [-0.2, -0.15) is 5.10 Å². The molecular weight excluding hydrogens is 297 g/mol. The summed E-state index contributed by atoms with van der Waals surface area (Å²) in [5, 5.41) is 6.65. The number of nitrogens with one attached hydrogen (secondary N) is 2. The number of unbranched alkanes of at least 4 members (excludes halogenated alkanes) is 2. The fourth-order valence-electron chi connectivity index (χ4n) is 1.85. The van der Waals surface area contributed by atoms with Crippen LogP contribution in [0.25, 0.3) is 0 Å². The van der Waals surface area contributed by atoms with Gasteiger partial charge in [-0.3, -0.25) is 9.59 Å². The first kappa shape index (κ1) is 18.8. The third-order valence-electron chi connectivity index (χ3n) is 3.18. The predicted molar refractivity (Wildman–Crippen MR) is 88.5 cm³/mol. The molecule has 23 heavy (non-hydrogen) atoms. The lowest BCUT2D eigenvalue weighted by Crippen LogP contribution is -2.24. The van der Waals surface area contributed by atoms with Gasteiger partial charge in [0.1, 0.15) is 5.82 Å². The number of nitrogens with zero attached hydrogens (tertiary/aromatic N) is 1. The smallest absolute Gasteiger partial charge is 0.240 e. The summed E-state index contributed by atoms with van der Waals surface area (Å²) in [5.74, 6) is -0.479. The number of hydrogen-bond acceptors (Lipinski definition) is 3. The molecule has 0 fully saturated rings. The molecule has 0 aliphatic carbocycles. The fraction of sp³-hybridized carbons (Fsp3) is 0.471. The van der Waals surface area contributed by atoms with Crippen molar-refractivity contribution in [1.29, 1.82) is 0 Å². The second kappa shape index (κ2) is 11.3. The van der Waals surface area contributed by atoms with Crippen molar-refractivity contribution in [3.05, 3.63) is 35.6 Å². The third-order valence-corrected chi connectivity index (χ3v) is 3.18. The molecule has 2 amide bonds. The van der Waals surface area contributed by atoms with Crippen molar-refractivity contribution in [3.63, 3.8) is 0 Å². The first-order valence-corrected chi connectivity index (χ1v) is 7.96. The molecule has 2 N–H and O–H groups in total. The van der Waals surface area contributed by atoms with Crippen LogP contribution in [0.4, 0.5) is 4.39 Å². The Kier molecular flexibility index (Phi) is 9.28. The number of benzene rings is 1. The van der Waals surface area contributed by atoms with E-state index in [4.69, 9.17) is 0 Å². The van der Waals surface area contributed by atoms with Crippen molar-refractivity contribution >= 4 is 18.0 Å². The van der Waals surface area contributed by atoms with E-state index >= 15 is 0 Å². The minimum atomic E-state index is -0.315. The molecule has 1 aromatic rings. The molecule has 1 rings (SSSR count). The standard InChI is InChI=1S/C17H24FN3O2/c1-2-3-12-19-16(22)6-4-5-7-17(23)21-20-13-14-8-10-15(18)11-9-14/h8-11,13H,2-7,12H2,1H3,(H,19,22)(H,21,23). The first-order chi connectivity index (χ1) is 11.1. The average molecular weight is 321 g/mol.